The largest absolute Gasteiger partial charge is 0.439 e. The Bertz CT molecular complexity index is 505. The van der Waals surface area contributed by atoms with Gasteiger partial charge < -0.3 is 4.42 Å². The van der Waals surface area contributed by atoms with E-state index in [2.05, 4.69) is 4.98 Å². The molecular formula is C12H11Cl2NO. The number of aromatic nitrogens is 1. The molecule has 1 aromatic carbocycles. The van der Waals surface area contributed by atoms with Gasteiger partial charge in [-0.2, -0.15) is 0 Å². The van der Waals surface area contributed by atoms with E-state index in [1.54, 1.807) is 6.20 Å². The van der Waals surface area contributed by atoms with Gasteiger partial charge in [0.05, 0.1) is 6.20 Å². The Morgan fingerprint density at radius 1 is 1.38 bits per heavy atom. The molecule has 0 radical (unpaired) electrons. The van der Waals surface area contributed by atoms with Crippen molar-refractivity contribution in [2.75, 3.05) is 0 Å². The molecule has 0 aliphatic heterocycles. The number of aryl methyl sites for hydroxylation is 1. The smallest absolute Gasteiger partial charge is 0.212 e. The molecule has 0 saturated carbocycles. The molecule has 2 rings (SSSR count). The topological polar surface area (TPSA) is 26.0 Å². The number of alkyl halides is 1. The van der Waals surface area contributed by atoms with Gasteiger partial charge in [0, 0.05) is 10.6 Å². The minimum atomic E-state index is -0.228. The predicted molar refractivity (Wildman–Crippen MR) is 66.0 cm³/mol. The van der Waals surface area contributed by atoms with E-state index in [-0.39, 0.29) is 5.38 Å². The first kappa shape index (κ1) is 11.5. The summed E-state index contributed by atoms with van der Waals surface area (Å²) < 4.78 is 5.57. The first-order chi connectivity index (χ1) is 7.58. The molecule has 1 atom stereocenters. The summed E-state index contributed by atoms with van der Waals surface area (Å²) in [7, 11) is 0. The number of benzene rings is 1. The molecule has 84 valence electrons. The Balaban J connectivity index is 2.46. The lowest BCUT2D eigenvalue weighted by Gasteiger charge is -2.02. The number of oxazole rings is 1. The van der Waals surface area contributed by atoms with Gasteiger partial charge in [0.15, 0.2) is 5.76 Å². The van der Waals surface area contributed by atoms with Gasteiger partial charge in [0.1, 0.15) is 5.38 Å². The zero-order valence-electron chi connectivity index (χ0n) is 9.00. The summed E-state index contributed by atoms with van der Waals surface area (Å²) in [6, 6.07) is 5.66. The van der Waals surface area contributed by atoms with Crippen LogP contribution in [0.3, 0.4) is 0 Å². The Hall–Kier alpha value is -0.990. The van der Waals surface area contributed by atoms with Crippen LogP contribution in [0.15, 0.2) is 28.8 Å². The fourth-order valence-corrected chi connectivity index (χ4v) is 1.73. The quantitative estimate of drug-likeness (QED) is 0.733. The van der Waals surface area contributed by atoms with E-state index in [4.69, 9.17) is 27.6 Å². The van der Waals surface area contributed by atoms with Gasteiger partial charge in [0.25, 0.3) is 0 Å². The highest BCUT2D eigenvalue weighted by Gasteiger charge is 2.12. The first-order valence-corrected chi connectivity index (χ1v) is 5.75. The fourth-order valence-electron chi connectivity index (χ4n) is 1.46. The number of halogens is 2. The second-order valence-corrected chi connectivity index (χ2v) is 4.73. The summed E-state index contributed by atoms with van der Waals surface area (Å²) in [6.07, 6.45) is 1.67. The van der Waals surface area contributed by atoms with Crippen LogP contribution in [-0.2, 0) is 0 Å². The van der Waals surface area contributed by atoms with Crippen LogP contribution in [-0.4, -0.2) is 4.98 Å². The minimum absolute atomic E-state index is 0.228. The third-order valence-electron chi connectivity index (χ3n) is 2.33. The van der Waals surface area contributed by atoms with Crippen LogP contribution in [0.2, 0.25) is 5.02 Å². The molecule has 0 amide bonds. The van der Waals surface area contributed by atoms with Gasteiger partial charge in [-0.25, -0.2) is 4.98 Å². The van der Waals surface area contributed by atoms with Crippen molar-refractivity contribution in [3.8, 4) is 11.3 Å². The summed E-state index contributed by atoms with van der Waals surface area (Å²) in [6.45, 7) is 3.82. The van der Waals surface area contributed by atoms with Gasteiger partial charge in [-0.15, -0.1) is 11.6 Å². The van der Waals surface area contributed by atoms with Crippen molar-refractivity contribution in [3.05, 3.63) is 40.9 Å². The second-order valence-electron chi connectivity index (χ2n) is 3.64. The molecule has 1 heterocycles. The van der Waals surface area contributed by atoms with E-state index >= 15 is 0 Å². The van der Waals surface area contributed by atoms with Crippen LogP contribution in [0.25, 0.3) is 11.3 Å². The van der Waals surface area contributed by atoms with Crippen molar-refractivity contribution >= 4 is 23.2 Å². The summed E-state index contributed by atoms with van der Waals surface area (Å²) in [5, 5.41) is 0.450. The maximum Gasteiger partial charge on any atom is 0.212 e. The number of rotatable bonds is 2. The van der Waals surface area contributed by atoms with Crippen molar-refractivity contribution in [2.45, 2.75) is 19.2 Å². The zero-order valence-corrected chi connectivity index (χ0v) is 10.5. The van der Waals surface area contributed by atoms with E-state index in [0.717, 1.165) is 11.1 Å². The minimum Gasteiger partial charge on any atom is -0.439 e. The van der Waals surface area contributed by atoms with E-state index in [1.165, 1.54) is 0 Å². The first-order valence-electron chi connectivity index (χ1n) is 4.94. The van der Waals surface area contributed by atoms with Crippen molar-refractivity contribution in [1.82, 2.24) is 4.98 Å². The molecule has 16 heavy (non-hydrogen) atoms. The molecule has 4 heteroatoms. The van der Waals surface area contributed by atoms with Crippen molar-refractivity contribution in [2.24, 2.45) is 0 Å². The molecule has 0 aliphatic rings. The van der Waals surface area contributed by atoms with Gasteiger partial charge in [0.2, 0.25) is 5.89 Å². The van der Waals surface area contributed by atoms with E-state index in [0.29, 0.717) is 16.7 Å². The molecule has 0 spiro atoms. The molecule has 2 nitrogen and oxygen atoms in total. The summed E-state index contributed by atoms with van der Waals surface area (Å²) in [5.74, 6) is 1.22. The normalized spacial score (nSPS) is 12.8. The molecule has 1 aromatic heterocycles. The van der Waals surface area contributed by atoms with Gasteiger partial charge in [-0.1, -0.05) is 17.7 Å². The van der Waals surface area contributed by atoms with E-state index in [9.17, 15) is 0 Å². The lowest BCUT2D eigenvalue weighted by molar-refractivity contribution is 0.508. The average Bonchev–Trinajstić information content (AvgIpc) is 2.70. The molecule has 0 bridgehead atoms. The van der Waals surface area contributed by atoms with Crippen LogP contribution >= 0.6 is 23.2 Å². The lowest BCUT2D eigenvalue weighted by atomic mass is 10.1. The highest BCUT2D eigenvalue weighted by molar-refractivity contribution is 6.30. The van der Waals surface area contributed by atoms with Crippen LogP contribution in [0, 0.1) is 6.92 Å². The number of hydrogen-bond acceptors (Lipinski definition) is 2. The summed E-state index contributed by atoms with van der Waals surface area (Å²) in [5.41, 5.74) is 2.04. The molecular weight excluding hydrogens is 245 g/mol. The summed E-state index contributed by atoms with van der Waals surface area (Å²) >= 11 is 11.8. The molecule has 0 N–H and O–H groups in total. The molecule has 1 unspecified atom stereocenters. The van der Waals surface area contributed by atoms with Crippen LogP contribution in [0.1, 0.15) is 23.8 Å². The van der Waals surface area contributed by atoms with E-state index < -0.39 is 0 Å². The second kappa shape index (κ2) is 4.48. The standard InChI is InChI=1S/C12H11Cl2NO/c1-7-3-4-9(14)5-10(7)11-6-15-12(16-11)8(2)13/h3-6,8H,1-2H3. The average molecular weight is 256 g/mol. The Morgan fingerprint density at radius 2 is 2.12 bits per heavy atom. The SMILES string of the molecule is Cc1ccc(Cl)cc1-c1cnc(C(C)Cl)o1. The zero-order chi connectivity index (χ0) is 11.7. The molecule has 0 saturated heterocycles. The number of hydrogen-bond donors (Lipinski definition) is 0. The molecule has 0 fully saturated rings. The van der Waals surface area contributed by atoms with Crippen molar-refractivity contribution in [3.63, 3.8) is 0 Å². The Labute approximate surface area is 104 Å². The Kier molecular flexibility index (Phi) is 3.22. The van der Waals surface area contributed by atoms with Crippen LogP contribution in [0.5, 0.6) is 0 Å². The summed E-state index contributed by atoms with van der Waals surface area (Å²) in [4.78, 5) is 4.12. The maximum absolute atomic E-state index is 5.95. The number of nitrogens with zero attached hydrogens (tertiary/aromatic N) is 1. The van der Waals surface area contributed by atoms with Gasteiger partial charge in [-0.05, 0) is 31.5 Å². The Morgan fingerprint density at radius 3 is 2.75 bits per heavy atom. The fraction of sp³-hybridized carbons (Fsp3) is 0.250. The van der Waals surface area contributed by atoms with Crippen LogP contribution < -0.4 is 0 Å². The van der Waals surface area contributed by atoms with Crippen molar-refractivity contribution in [1.29, 1.82) is 0 Å². The van der Waals surface area contributed by atoms with Crippen LogP contribution in [0.4, 0.5) is 0 Å². The third-order valence-corrected chi connectivity index (χ3v) is 2.75. The lowest BCUT2D eigenvalue weighted by Crippen LogP contribution is -1.82. The van der Waals surface area contributed by atoms with E-state index in [1.807, 2.05) is 32.0 Å². The third kappa shape index (κ3) is 2.23. The maximum atomic E-state index is 5.95. The molecule has 0 aliphatic carbocycles. The monoisotopic (exact) mass is 255 g/mol. The highest BCUT2D eigenvalue weighted by Crippen LogP contribution is 2.29. The highest BCUT2D eigenvalue weighted by atomic mass is 35.5. The van der Waals surface area contributed by atoms with Gasteiger partial charge in [-0.3, -0.25) is 0 Å². The predicted octanol–water partition coefficient (Wildman–Crippen LogP) is 4.60. The molecule has 2 aromatic rings. The van der Waals surface area contributed by atoms with Gasteiger partial charge >= 0.3 is 0 Å². The van der Waals surface area contributed by atoms with Crippen molar-refractivity contribution < 1.29 is 4.42 Å².